The molecule has 0 aliphatic heterocycles. The summed E-state index contributed by atoms with van der Waals surface area (Å²) in [6.45, 7) is 0.891. The minimum Gasteiger partial charge on any atom is -0.491 e. The second-order valence-corrected chi connectivity index (χ2v) is 4.02. The van der Waals surface area contributed by atoms with Crippen molar-refractivity contribution in [3.05, 3.63) is 29.8 Å². The fourth-order valence-electron chi connectivity index (χ4n) is 1.36. The maximum absolute atomic E-state index is 10.5. The van der Waals surface area contributed by atoms with Gasteiger partial charge < -0.3 is 20.9 Å². The average molecular weight is 263 g/mol. The maximum atomic E-state index is 10.5. The summed E-state index contributed by atoms with van der Waals surface area (Å²) >= 11 is 0. The number of nitrogens with one attached hydrogen (secondary N) is 1. The van der Waals surface area contributed by atoms with Crippen molar-refractivity contribution >= 4 is 5.91 Å². The summed E-state index contributed by atoms with van der Waals surface area (Å²) < 4.78 is 5.35. The van der Waals surface area contributed by atoms with Crippen LogP contribution in [0.3, 0.4) is 0 Å². The minimum absolute atomic E-state index is 0.134. The van der Waals surface area contributed by atoms with E-state index in [4.69, 9.17) is 15.7 Å². The standard InChI is InChI=1S/C13H17N3O3/c14-7-10-1-3-12(4-2-10)19-9-11(17)8-16-6-5-13(15)18/h1-4,11,16-17H,5-6,8-9H2,(H2,15,18). The van der Waals surface area contributed by atoms with Crippen LogP contribution in [0.4, 0.5) is 0 Å². The van der Waals surface area contributed by atoms with Gasteiger partial charge in [-0.05, 0) is 24.3 Å². The Labute approximate surface area is 111 Å². The van der Waals surface area contributed by atoms with Crippen molar-refractivity contribution in [1.29, 1.82) is 5.26 Å². The molecule has 0 heterocycles. The molecule has 0 radical (unpaired) electrons. The number of nitrogens with two attached hydrogens (primary N) is 1. The lowest BCUT2D eigenvalue weighted by atomic mass is 10.2. The Morgan fingerprint density at radius 2 is 2.16 bits per heavy atom. The molecule has 1 rings (SSSR count). The Hall–Kier alpha value is -2.10. The van der Waals surface area contributed by atoms with Crippen molar-refractivity contribution in [3.8, 4) is 11.8 Å². The zero-order valence-corrected chi connectivity index (χ0v) is 10.5. The van der Waals surface area contributed by atoms with Crippen LogP contribution in [0.5, 0.6) is 5.75 Å². The molecule has 1 atom stereocenters. The predicted molar refractivity (Wildman–Crippen MR) is 69.3 cm³/mol. The van der Waals surface area contributed by atoms with Crippen LogP contribution in [-0.4, -0.2) is 36.8 Å². The number of nitriles is 1. The third-order valence-electron chi connectivity index (χ3n) is 2.35. The molecule has 19 heavy (non-hydrogen) atoms. The summed E-state index contributed by atoms with van der Waals surface area (Å²) in [5.41, 5.74) is 5.54. The Kier molecular flexibility index (Phi) is 6.36. The summed E-state index contributed by atoms with van der Waals surface area (Å²) in [5.74, 6) is 0.214. The van der Waals surface area contributed by atoms with Crippen LogP contribution < -0.4 is 15.8 Å². The zero-order valence-electron chi connectivity index (χ0n) is 10.5. The number of aliphatic hydroxyl groups excluding tert-OH is 1. The normalized spacial score (nSPS) is 11.6. The predicted octanol–water partition coefficient (Wildman–Crippen LogP) is -0.237. The lowest BCUT2D eigenvalue weighted by Gasteiger charge is -2.13. The van der Waals surface area contributed by atoms with Crippen molar-refractivity contribution < 1.29 is 14.6 Å². The number of carbonyl (C=O) groups excluding carboxylic acids is 1. The number of hydrogen-bond donors (Lipinski definition) is 3. The van der Waals surface area contributed by atoms with Gasteiger partial charge in [-0.15, -0.1) is 0 Å². The molecule has 6 nitrogen and oxygen atoms in total. The molecule has 4 N–H and O–H groups in total. The largest absolute Gasteiger partial charge is 0.491 e. The van der Waals surface area contributed by atoms with Gasteiger partial charge in [-0.2, -0.15) is 5.26 Å². The molecule has 1 amide bonds. The smallest absolute Gasteiger partial charge is 0.218 e. The topological polar surface area (TPSA) is 108 Å². The molecule has 0 spiro atoms. The molecule has 1 aromatic carbocycles. The second-order valence-electron chi connectivity index (χ2n) is 4.02. The Morgan fingerprint density at radius 3 is 2.74 bits per heavy atom. The van der Waals surface area contributed by atoms with Crippen molar-refractivity contribution in [3.63, 3.8) is 0 Å². The minimum atomic E-state index is -0.677. The molecule has 1 aromatic rings. The van der Waals surface area contributed by atoms with Crippen molar-refractivity contribution in [2.24, 2.45) is 5.73 Å². The average Bonchev–Trinajstić information content (AvgIpc) is 2.41. The molecule has 102 valence electrons. The first-order chi connectivity index (χ1) is 9.11. The van der Waals surface area contributed by atoms with E-state index in [9.17, 15) is 9.90 Å². The highest BCUT2D eigenvalue weighted by Gasteiger charge is 2.05. The van der Waals surface area contributed by atoms with E-state index in [2.05, 4.69) is 5.32 Å². The van der Waals surface area contributed by atoms with E-state index in [0.717, 1.165) is 0 Å². The first-order valence-corrected chi connectivity index (χ1v) is 5.92. The van der Waals surface area contributed by atoms with E-state index >= 15 is 0 Å². The number of carbonyl (C=O) groups is 1. The highest BCUT2D eigenvalue weighted by molar-refractivity contribution is 5.73. The van der Waals surface area contributed by atoms with Gasteiger partial charge in [0.15, 0.2) is 0 Å². The van der Waals surface area contributed by atoms with Gasteiger partial charge in [0.2, 0.25) is 5.91 Å². The molecule has 0 aromatic heterocycles. The van der Waals surface area contributed by atoms with Gasteiger partial charge in [-0.3, -0.25) is 4.79 Å². The molecule has 0 aliphatic rings. The SMILES string of the molecule is N#Cc1ccc(OCC(O)CNCCC(N)=O)cc1. The van der Waals surface area contributed by atoms with Crippen LogP contribution in [0.15, 0.2) is 24.3 Å². The van der Waals surface area contributed by atoms with Crippen LogP contribution in [0.2, 0.25) is 0 Å². The number of ether oxygens (including phenoxy) is 1. The fraction of sp³-hybridized carbons (Fsp3) is 0.385. The maximum Gasteiger partial charge on any atom is 0.218 e. The molecule has 0 fully saturated rings. The molecule has 0 saturated carbocycles. The van der Waals surface area contributed by atoms with E-state index in [0.29, 0.717) is 24.4 Å². The van der Waals surface area contributed by atoms with Gasteiger partial charge in [-0.25, -0.2) is 0 Å². The summed E-state index contributed by atoms with van der Waals surface area (Å²) in [6.07, 6.45) is -0.438. The second kappa shape index (κ2) is 8.08. The molecular formula is C13H17N3O3. The third kappa shape index (κ3) is 6.41. The van der Waals surface area contributed by atoms with Crippen molar-refractivity contribution in [2.75, 3.05) is 19.7 Å². The van der Waals surface area contributed by atoms with Crippen LogP contribution in [0, 0.1) is 11.3 Å². The third-order valence-corrected chi connectivity index (χ3v) is 2.35. The van der Waals surface area contributed by atoms with E-state index in [-0.39, 0.29) is 18.9 Å². The molecule has 6 heteroatoms. The summed E-state index contributed by atoms with van der Waals surface area (Å²) in [7, 11) is 0. The number of benzene rings is 1. The zero-order chi connectivity index (χ0) is 14.1. The van der Waals surface area contributed by atoms with Gasteiger partial charge in [0.25, 0.3) is 0 Å². The van der Waals surface area contributed by atoms with E-state index in [1.54, 1.807) is 24.3 Å². The van der Waals surface area contributed by atoms with E-state index in [1.807, 2.05) is 6.07 Å². The first-order valence-electron chi connectivity index (χ1n) is 5.92. The lowest BCUT2D eigenvalue weighted by Crippen LogP contribution is -2.33. The van der Waals surface area contributed by atoms with Crippen LogP contribution in [0.25, 0.3) is 0 Å². The lowest BCUT2D eigenvalue weighted by molar-refractivity contribution is -0.117. The summed E-state index contributed by atoms with van der Waals surface area (Å²) in [5, 5.41) is 21.2. The van der Waals surface area contributed by atoms with Gasteiger partial charge in [-0.1, -0.05) is 0 Å². The first kappa shape index (κ1) is 15.0. The Balaban J connectivity index is 2.20. The number of primary amides is 1. The summed E-state index contributed by atoms with van der Waals surface area (Å²) in [4.78, 5) is 10.5. The number of amides is 1. The highest BCUT2D eigenvalue weighted by atomic mass is 16.5. The van der Waals surface area contributed by atoms with Gasteiger partial charge in [0.05, 0.1) is 11.6 Å². The molecular weight excluding hydrogens is 246 g/mol. The highest BCUT2D eigenvalue weighted by Crippen LogP contribution is 2.11. The molecule has 0 saturated heterocycles. The van der Waals surface area contributed by atoms with E-state index in [1.165, 1.54) is 0 Å². The number of rotatable bonds is 8. The molecule has 0 aliphatic carbocycles. The fourth-order valence-corrected chi connectivity index (χ4v) is 1.36. The molecule has 0 bridgehead atoms. The van der Waals surface area contributed by atoms with Gasteiger partial charge >= 0.3 is 0 Å². The number of hydrogen-bond acceptors (Lipinski definition) is 5. The number of aliphatic hydroxyl groups is 1. The van der Waals surface area contributed by atoms with Crippen molar-refractivity contribution in [1.82, 2.24) is 5.32 Å². The Morgan fingerprint density at radius 1 is 1.47 bits per heavy atom. The van der Waals surface area contributed by atoms with Crippen LogP contribution in [-0.2, 0) is 4.79 Å². The van der Waals surface area contributed by atoms with Crippen LogP contribution in [0.1, 0.15) is 12.0 Å². The quantitative estimate of drug-likeness (QED) is 0.561. The molecule has 1 unspecified atom stereocenters. The Bertz CT molecular complexity index is 439. The van der Waals surface area contributed by atoms with Crippen molar-refractivity contribution in [2.45, 2.75) is 12.5 Å². The summed E-state index contributed by atoms with van der Waals surface area (Å²) in [6, 6.07) is 8.65. The number of nitrogens with zero attached hydrogens (tertiary/aromatic N) is 1. The van der Waals surface area contributed by atoms with E-state index < -0.39 is 6.10 Å². The van der Waals surface area contributed by atoms with Gasteiger partial charge in [0, 0.05) is 19.5 Å². The van der Waals surface area contributed by atoms with Crippen LogP contribution >= 0.6 is 0 Å². The van der Waals surface area contributed by atoms with Gasteiger partial charge in [0.1, 0.15) is 18.5 Å². The monoisotopic (exact) mass is 263 g/mol.